The van der Waals surface area contributed by atoms with E-state index in [2.05, 4.69) is 24.5 Å². The number of amides is 2. The highest BCUT2D eigenvalue weighted by Gasteiger charge is 2.29. The minimum Gasteiger partial charge on any atom is -0.454 e. The van der Waals surface area contributed by atoms with Gasteiger partial charge in [0, 0.05) is 6.04 Å². The Hall–Kier alpha value is -2.37. The van der Waals surface area contributed by atoms with E-state index in [1.165, 1.54) is 6.42 Å². The highest BCUT2D eigenvalue weighted by molar-refractivity contribution is 5.87. The van der Waals surface area contributed by atoms with Crippen LogP contribution in [0.1, 0.15) is 52.5 Å². The van der Waals surface area contributed by atoms with Gasteiger partial charge in [-0.25, -0.2) is 4.79 Å². The van der Waals surface area contributed by atoms with E-state index in [0.29, 0.717) is 11.8 Å². The fourth-order valence-corrected chi connectivity index (χ4v) is 3.76. The molecule has 1 fully saturated rings. The van der Waals surface area contributed by atoms with E-state index >= 15 is 0 Å². The highest BCUT2D eigenvalue weighted by Crippen LogP contribution is 2.29. The molecule has 1 saturated carbocycles. The fraction of sp³-hybridized carbons (Fsp3) is 0.609. The number of hydrogen-bond donors (Lipinski definition) is 2. The average Bonchev–Trinajstić information content (AvgIpc) is 2.68. The Kier molecular flexibility index (Phi) is 8.68. The summed E-state index contributed by atoms with van der Waals surface area (Å²) in [6.45, 7) is 7.69. The predicted molar refractivity (Wildman–Crippen MR) is 112 cm³/mol. The van der Waals surface area contributed by atoms with Gasteiger partial charge in [-0.2, -0.15) is 0 Å². The van der Waals surface area contributed by atoms with Crippen LogP contribution in [0.15, 0.2) is 30.3 Å². The minimum atomic E-state index is -0.785. The SMILES string of the molecule is CC(C)[C@H](NC(=O)Cc1ccccc1)C(=O)OCC(=O)N[C@@H]1CCC[C@H](C)[C@H]1C. The number of ether oxygens (including phenoxy) is 1. The summed E-state index contributed by atoms with van der Waals surface area (Å²) in [5, 5.41) is 5.73. The summed E-state index contributed by atoms with van der Waals surface area (Å²) in [4.78, 5) is 37.0. The van der Waals surface area contributed by atoms with E-state index in [4.69, 9.17) is 4.74 Å². The summed E-state index contributed by atoms with van der Waals surface area (Å²) in [5.74, 6) is -0.291. The van der Waals surface area contributed by atoms with Gasteiger partial charge < -0.3 is 15.4 Å². The number of carbonyl (C=O) groups is 3. The summed E-state index contributed by atoms with van der Waals surface area (Å²) < 4.78 is 5.22. The first-order chi connectivity index (χ1) is 13.8. The van der Waals surface area contributed by atoms with Crippen LogP contribution in [-0.2, 0) is 25.5 Å². The van der Waals surface area contributed by atoms with Gasteiger partial charge in [-0.05, 0) is 29.7 Å². The molecule has 4 atom stereocenters. The molecule has 0 spiro atoms. The summed E-state index contributed by atoms with van der Waals surface area (Å²) in [7, 11) is 0. The lowest BCUT2D eigenvalue weighted by atomic mass is 9.78. The van der Waals surface area contributed by atoms with E-state index < -0.39 is 12.0 Å². The van der Waals surface area contributed by atoms with Crippen molar-refractivity contribution in [3.05, 3.63) is 35.9 Å². The first kappa shape index (κ1) is 22.9. The third-order valence-electron chi connectivity index (χ3n) is 5.84. The minimum absolute atomic E-state index is 0.122. The van der Waals surface area contributed by atoms with E-state index in [1.54, 1.807) is 0 Å². The molecule has 2 rings (SSSR count). The Morgan fingerprint density at radius 1 is 1.07 bits per heavy atom. The van der Waals surface area contributed by atoms with Crippen molar-refractivity contribution in [1.82, 2.24) is 10.6 Å². The first-order valence-electron chi connectivity index (χ1n) is 10.6. The van der Waals surface area contributed by atoms with Crippen LogP contribution in [-0.4, -0.2) is 36.5 Å². The molecule has 6 heteroatoms. The Bertz CT molecular complexity index is 689. The molecule has 2 N–H and O–H groups in total. The standard InChI is InChI=1S/C23H34N2O4/c1-15(2)22(25-20(26)13-18-10-6-5-7-11-18)23(28)29-14-21(27)24-19-12-8-9-16(3)17(19)4/h5-7,10-11,15-17,19,22H,8-9,12-14H2,1-4H3,(H,24,27)(H,25,26)/t16-,17+,19+,22-/m0/s1. The van der Waals surface area contributed by atoms with Gasteiger partial charge >= 0.3 is 5.97 Å². The lowest BCUT2D eigenvalue weighted by Crippen LogP contribution is -2.48. The molecule has 0 aromatic heterocycles. The number of benzene rings is 1. The van der Waals surface area contributed by atoms with Gasteiger partial charge in [0.25, 0.3) is 5.91 Å². The smallest absolute Gasteiger partial charge is 0.329 e. The normalized spacial score (nSPS) is 22.6. The Labute approximate surface area is 173 Å². The van der Waals surface area contributed by atoms with Crippen LogP contribution in [0.3, 0.4) is 0 Å². The second-order valence-corrected chi connectivity index (χ2v) is 8.50. The van der Waals surface area contributed by atoms with Gasteiger partial charge in [0.05, 0.1) is 6.42 Å². The van der Waals surface area contributed by atoms with Gasteiger partial charge in [-0.3, -0.25) is 9.59 Å². The largest absolute Gasteiger partial charge is 0.454 e. The Morgan fingerprint density at radius 2 is 1.76 bits per heavy atom. The van der Waals surface area contributed by atoms with E-state index in [0.717, 1.165) is 18.4 Å². The van der Waals surface area contributed by atoms with Crippen molar-refractivity contribution in [1.29, 1.82) is 0 Å². The lowest BCUT2D eigenvalue weighted by Gasteiger charge is -2.34. The Morgan fingerprint density at radius 3 is 2.41 bits per heavy atom. The monoisotopic (exact) mass is 402 g/mol. The molecular formula is C23H34N2O4. The number of rotatable bonds is 8. The zero-order valence-corrected chi connectivity index (χ0v) is 17.9. The fourth-order valence-electron chi connectivity index (χ4n) is 3.76. The van der Waals surface area contributed by atoms with Gasteiger partial charge in [0.2, 0.25) is 5.91 Å². The number of hydrogen-bond acceptors (Lipinski definition) is 4. The molecule has 1 aromatic rings. The molecule has 1 aliphatic rings. The highest BCUT2D eigenvalue weighted by atomic mass is 16.5. The zero-order valence-electron chi connectivity index (χ0n) is 17.9. The third kappa shape index (κ3) is 7.18. The summed E-state index contributed by atoms with van der Waals surface area (Å²) in [5.41, 5.74) is 0.871. The van der Waals surface area contributed by atoms with Gasteiger partial charge in [-0.15, -0.1) is 0 Å². The molecule has 0 saturated heterocycles. The van der Waals surface area contributed by atoms with Crippen molar-refractivity contribution in [2.75, 3.05) is 6.61 Å². The van der Waals surface area contributed by atoms with Crippen LogP contribution in [0.4, 0.5) is 0 Å². The number of carbonyl (C=O) groups excluding carboxylic acids is 3. The van der Waals surface area contributed by atoms with Crippen LogP contribution in [0.25, 0.3) is 0 Å². The average molecular weight is 403 g/mol. The van der Waals surface area contributed by atoms with Crippen molar-refractivity contribution < 1.29 is 19.1 Å². The zero-order chi connectivity index (χ0) is 21.4. The molecule has 1 aliphatic carbocycles. The van der Waals surface area contributed by atoms with Gasteiger partial charge in [0.1, 0.15) is 6.04 Å². The van der Waals surface area contributed by atoms with Gasteiger partial charge in [-0.1, -0.05) is 70.9 Å². The van der Waals surface area contributed by atoms with Crippen molar-refractivity contribution >= 4 is 17.8 Å². The van der Waals surface area contributed by atoms with E-state index in [-0.39, 0.29) is 36.8 Å². The molecule has 29 heavy (non-hydrogen) atoms. The molecule has 0 radical (unpaired) electrons. The maximum Gasteiger partial charge on any atom is 0.329 e. The van der Waals surface area contributed by atoms with Crippen molar-refractivity contribution in [3.63, 3.8) is 0 Å². The van der Waals surface area contributed by atoms with Crippen molar-refractivity contribution in [3.8, 4) is 0 Å². The number of nitrogens with one attached hydrogen (secondary N) is 2. The second-order valence-electron chi connectivity index (χ2n) is 8.50. The van der Waals surface area contributed by atoms with E-state index in [9.17, 15) is 14.4 Å². The molecule has 0 bridgehead atoms. The molecule has 1 aromatic carbocycles. The third-order valence-corrected chi connectivity index (χ3v) is 5.84. The number of esters is 1. The lowest BCUT2D eigenvalue weighted by molar-refractivity contribution is -0.153. The first-order valence-corrected chi connectivity index (χ1v) is 10.6. The maximum atomic E-state index is 12.5. The van der Waals surface area contributed by atoms with Crippen LogP contribution >= 0.6 is 0 Å². The molecule has 2 amide bonds. The van der Waals surface area contributed by atoms with Gasteiger partial charge in [0.15, 0.2) is 6.61 Å². The summed E-state index contributed by atoms with van der Waals surface area (Å²) >= 11 is 0. The maximum absolute atomic E-state index is 12.5. The summed E-state index contributed by atoms with van der Waals surface area (Å²) in [6.07, 6.45) is 3.42. The van der Waals surface area contributed by atoms with Crippen LogP contribution < -0.4 is 10.6 Å². The Balaban J connectivity index is 1.82. The predicted octanol–water partition coefficient (Wildman–Crippen LogP) is 2.85. The molecular weight excluding hydrogens is 368 g/mol. The van der Waals surface area contributed by atoms with Crippen LogP contribution in [0.5, 0.6) is 0 Å². The molecule has 160 valence electrons. The van der Waals surface area contributed by atoms with Crippen molar-refractivity contribution in [2.24, 2.45) is 17.8 Å². The molecule has 0 unspecified atom stereocenters. The molecule has 6 nitrogen and oxygen atoms in total. The quantitative estimate of drug-likeness (QED) is 0.655. The van der Waals surface area contributed by atoms with E-state index in [1.807, 2.05) is 44.2 Å². The van der Waals surface area contributed by atoms with Crippen molar-refractivity contribution in [2.45, 2.75) is 65.5 Å². The second kappa shape index (κ2) is 11.0. The summed E-state index contributed by atoms with van der Waals surface area (Å²) in [6, 6.07) is 8.67. The van der Waals surface area contributed by atoms with Crippen LogP contribution in [0.2, 0.25) is 0 Å². The topological polar surface area (TPSA) is 84.5 Å². The van der Waals surface area contributed by atoms with Crippen LogP contribution in [0, 0.1) is 17.8 Å². The molecule has 0 heterocycles. The molecule has 0 aliphatic heterocycles.